The highest BCUT2D eigenvalue weighted by atomic mass is 32.2. The van der Waals surface area contributed by atoms with E-state index in [1.54, 1.807) is 17.8 Å². The molecule has 0 spiro atoms. The number of nitrogens with one attached hydrogen (secondary N) is 2. The van der Waals surface area contributed by atoms with Crippen LogP contribution in [0.5, 0.6) is 0 Å². The van der Waals surface area contributed by atoms with Crippen molar-refractivity contribution in [3.8, 4) is 0 Å². The van der Waals surface area contributed by atoms with Gasteiger partial charge in [0.25, 0.3) is 5.91 Å². The zero-order chi connectivity index (χ0) is 19.2. The Kier molecular flexibility index (Phi) is 6.13. The molecule has 4 amide bonds. The molecule has 1 aliphatic heterocycles. The van der Waals surface area contributed by atoms with Crippen molar-refractivity contribution >= 4 is 35.3 Å². The Morgan fingerprint density at radius 3 is 2.67 bits per heavy atom. The van der Waals surface area contributed by atoms with Gasteiger partial charge in [0.05, 0.1) is 0 Å². The quantitative estimate of drug-likeness (QED) is 0.569. The molecule has 2 N–H and O–H groups in total. The van der Waals surface area contributed by atoms with E-state index >= 15 is 0 Å². The number of nitrogens with zero attached hydrogens (tertiary/aromatic N) is 1. The van der Waals surface area contributed by atoms with E-state index in [4.69, 9.17) is 0 Å². The molecule has 1 aliphatic rings. The molecule has 1 fully saturated rings. The van der Waals surface area contributed by atoms with Crippen LogP contribution in [0.25, 0.3) is 0 Å². The first kappa shape index (κ1) is 19.0. The van der Waals surface area contributed by atoms with Crippen LogP contribution in [0.4, 0.5) is 10.5 Å². The lowest BCUT2D eigenvalue weighted by molar-refractivity contribution is -0.130. The first-order valence-electron chi connectivity index (χ1n) is 8.66. The van der Waals surface area contributed by atoms with Crippen LogP contribution >= 0.6 is 11.8 Å². The largest absolute Gasteiger partial charge is 0.326 e. The molecule has 0 unspecified atom stereocenters. The van der Waals surface area contributed by atoms with Gasteiger partial charge >= 0.3 is 6.03 Å². The molecular weight excluding hydrogens is 362 g/mol. The van der Waals surface area contributed by atoms with Gasteiger partial charge in [0, 0.05) is 10.6 Å². The Balaban J connectivity index is 1.55. The monoisotopic (exact) mass is 383 g/mol. The average molecular weight is 383 g/mol. The molecule has 27 heavy (non-hydrogen) atoms. The van der Waals surface area contributed by atoms with E-state index in [0.717, 1.165) is 15.4 Å². The number of amides is 4. The van der Waals surface area contributed by atoms with Crippen molar-refractivity contribution in [2.24, 2.45) is 0 Å². The second-order valence-electron chi connectivity index (χ2n) is 6.23. The Labute approximate surface area is 162 Å². The van der Waals surface area contributed by atoms with Crippen LogP contribution in [0, 0.1) is 0 Å². The van der Waals surface area contributed by atoms with Crippen LogP contribution in [0.1, 0.15) is 12.0 Å². The summed E-state index contributed by atoms with van der Waals surface area (Å²) in [6, 6.07) is 16.1. The fourth-order valence-corrected chi connectivity index (χ4v) is 3.38. The van der Waals surface area contributed by atoms with Crippen LogP contribution in [-0.4, -0.2) is 41.6 Å². The predicted molar refractivity (Wildman–Crippen MR) is 106 cm³/mol. The second-order valence-corrected chi connectivity index (χ2v) is 7.11. The van der Waals surface area contributed by atoms with Crippen molar-refractivity contribution in [2.75, 3.05) is 18.1 Å². The highest BCUT2D eigenvalue weighted by Gasteiger charge is 2.38. The molecule has 2 aromatic carbocycles. The van der Waals surface area contributed by atoms with E-state index < -0.39 is 18.0 Å². The molecule has 6 nitrogen and oxygen atoms in total. The topological polar surface area (TPSA) is 78.5 Å². The van der Waals surface area contributed by atoms with Gasteiger partial charge < -0.3 is 10.6 Å². The van der Waals surface area contributed by atoms with E-state index in [-0.39, 0.29) is 12.5 Å². The van der Waals surface area contributed by atoms with Gasteiger partial charge in [-0.1, -0.05) is 36.4 Å². The van der Waals surface area contributed by atoms with Crippen LogP contribution < -0.4 is 10.6 Å². The van der Waals surface area contributed by atoms with Crippen LogP contribution in [0.3, 0.4) is 0 Å². The number of aryl methyl sites for hydroxylation is 1. The summed E-state index contributed by atoms with van der Waals surface area (Å²) in [5, 5.41) is 5.40. The van der Waals surface area contributed by atoms with Crippen LogP contribution in [0.2, 0.25) is 0 Å². The lowest BCUT2D eigenvalue weighted by Crippen LogP contribution is -2.38. The van der Waals surface area contributed by atoms with Crippen molar-refractivity contribution in [2.45, 2.75) is 23.8 Å². The maximum atomic E-state index is 12.5. The van der Waals surface area contributed by atoms with Crippen molar-refractivity contribution in [3.05, 3.63) is 60.2 Å². The maximum Gasteiger partial charge on any atom is 0.325 e. The Hall–Kier alpha value is -2.80. The fourth-order valence-electron chi connectivity index (χ4n) is 2.92. The third-order valence-corrected chi connectivity index (χ3v) is 5.05. The molecule has 1 atom stereocenters. The SMILES string of the molecule is CSc1cccc(NC(=O)CN2C(=O)N[C@@H](CCc3ccccc3)C2=O)c1. The van der Waals surface area contributed by atoms with Gasteiger partial charge in [-0.05, 0) is 42.9 Å². The van der Waals surface area contributed by atoms with Gasteiger partial charge in [0.1, 0.15) is 12.6 Å². The molecule has 1 saturated heterocycles. The number of carbonyl (C=O) groups excluding carboxylic acids is 3. The number of rotatable bonds is 7. The van der Waals surface area contributed by atoms with E-state index in [1.807, 2.05) is 54.8 Å². The summed E-state index contributed by atoms with van der Waals surface area (Å²) in [6.07, 6.45) is 3.13. The minimum absolute atomic E-state index is 0.296. The molecule has 140 valence electrons. The minimum atomic E-state index is -0.592. The lowest BCUT2D eigenvalue weighted by atomic mass is 10.1. The Morgan fingerprint density at radius 1 is 1.15 bits per heavy atom. The smallest absolute Gasteiger partial charge is 0.325 e. The highest BCUT2D eigenvalue weighted by molar-refractivity contribution is 7.98. The van der Waals surface area contributed by atoms with Gasteiger partial charge in [-0.15, -0.1) is 11.8 Å². The van der Waals surface area contributed by atoms with Gasteiger partial charge in [-0.25, -0.2) is 4.79 Å². The number of anilines is 1. The number of benzene rings is 2. The summed E-state index contributed by atoms with van der Waals surface area (Å²) in [7, 11) is 0. The molecule has 0 bridgehead atoms. The summed E-state index contributed by atoms with van der Waals surface area (Å²) >= 11 is 1.57. The molecule has 0 aromatic heterocycles. The number of hydrogen-bond acceptors (Lipinski definition) is 4. The normalized spacial score (nSPS) is 16.3. The van der Waals surface area contributed by atoms with E-state index in [1.165, 1.54) is 0 Å². The molecule has 3 rings (SSSR count). The summed E-state index contributed by atoms with van der Waals surface area (Å²) < 4.78 is 0. The molecule has 2 aromatic rings. The van der Waals surface area contributed by atoms with Crippen LogP contribution in [0.15, 0.2) is 59.5 Å². The number of imide groups is 1. The highest BCUT2D eigenvalue weighted by Crippen LogP contribution is 2.19. The van der Waals surface area contributed by atoms with Crippen molar-refractivity contribution in [1.29, 1.82) is 0 Å². The zero-order valence-electron chi connectivity index (χ0n) is 15.0. The van der Waals surface area contributed by atoms with Crippen molar-refractivity contribution in [1.82, 2.24) is 10.2 Å². The van der Waals surface area contributed by atoms with Gasteiger partial charge in [-0.2, -0.15) is 0 Å². The number of carbonyl (C=O) groups is 3. The van der Waals surface area contributed by atoms with Crippen molar-refractivity contribution in [3.63, 3.8) is 0 Å². The number of thioether (sulfide) groups is 1. The number of hydrogen-bond donors (Lipinski definition) is 2. The predicted octanol–water partition coefficient (Wildman–Crippen LogP) is 2.90. The standard InChI is InChI=1S/C20H21N3O3S/c1-27-16-9-5-8-15(12-16)21-18(24)13-23-19(25)17(22-20(23)26)11-10-14-6-3-2-4-7-14/h2-9,12,17H,10-11,13H2,1H3,(H,21,24)(H,22,26)/t17-/m0/s1. The minimum Gasteiger partial charge on any atom is -0.326 e. The molecule has 1 heterocycles. The first-order chi connectivity index (χ1) is 13.1. The molecule has 0 saturated carbocycles. The summed E-state index contributed by atoms with van der Waals surface area (Å²) in [4.78, 5) is 38.8. The van der Waals surface area contributed by atoms with Gasteiger partial charge in [-0.3, -0.25) is 14.5 Å². The van der Waals surface area contributed by atoms with E-state index in [0.29, 0.717) is 18.5 Å². The van der Waals surface area contributed by atoms with Crippen molar-refractivity contribution < 1.29 is 14.4 Å². The van der Waals surface area contributed by atoms with E-state index in [2.05, 4.69) is 10.6 Å². The maximum absolute atomic E-state index is 12.5. The summed E-state index contributed by atoms with van der Waals surface area (Å²) in [5.74, 6) is -0.760. The fraction of sp³-hybridized carbons (Fsp3) is 0.250. The average Bonchev–Trinajstić information content (AvgIpc) is 2.95. The second kappa shape index (κ2) is 8.73. The molecule has 0 aliphatic carbocycles. The van der Waals surface area contributed by atoms with Gasteiger partial charge in [0.2, 0.25) is 5.91 Å². The Morgan fingerprint density at radius 2 is 1.93 bits per heavy atom. The summed E-state index contributed by atoms with van der Waals surface area (Å²) in [6.45, 7) is -0.296. The molecular formula is C20H21N3O3S. The first-order valence-corrected chi connectivity index (χ1v) is 9.89. The molecule has 7 heteroatoms. The molecule has 0 radical (unpaired) electrons. The lowest BCUT2D eigenvalue weighted by Gasteiger charge is -2.13. The van der Waals surface area contributed by atoms with Gasteiger partial charge in [0.15, 0.2) is 0 Å². The number of urea groups is 1. The van der Waals surface area contributed by atoms with E-state index in [9.17, 15) is 14.4 Å². The third-order valence-electron chi connectivity index (χ3n) is 4.33. The van der Waals surface area contributed by atoms with Crippen LogP contribution in [-0.2, 0) is 16.0 Å². The zero-order valence-corrected chi connectivity index (χ0v) is 15.8. The summed E-state index contributed by atoms with van der Waals surface area (Å²) in [5.41, 5.74) is 1.74. The Bertz CT molecular complexity index is 841. The third kappa shape index (κ3) is 4.89.